The van der Waals surface area contributed by atoms with Gasteiger partial charge in [-0.3, -0.25) is 14.9 Å². The molecule has 0 bridgehead atoms. The van der Waals surface area contributed by atoms with Gasteiger partial charge in [0.2, 0.25) is 0 Å². The highest BCUT2D eigenvalue weighted by atomic mass is 16.6. The van der Waals surface area contributed by atoms with Crippen molar-refractivity contribution in [2.45, 2.75) is 20.0 Å². The highest BCUT2D eigenvalue weighted by Crippen LogP contribution is 2.18. The van der Waals surface area contributed by atoms with E-state index in [0.717, 1.165) is 0 Å². The van der Waals surface area contributed by atoms with Crippen LogP contribution in [0.4, 0.5) is 11.4 Å². The molecule has 0 aromatic heterocycles. The summed E-state index contributed by atoms with van der Waals surface area (Å²) >= 11 is 0. The minimum absolute atomic E-state index is 0.151. The molecule has 0 unspecified atom stereocenters. The van der Waals surface area contributed by atoms with Crippen molar-refractivity contribution in [3.05, 3.63) is 64.2 Å². The van der Waals surface area contributed by atoms with Crippen molar-refractivity contribution in [3.63, 3.8) is 0 Å². The zero-order chi connectivity index (χ0) is 19.1. The summed E-state index contributed by atoms with van der Waals surface area (Å²) in [5.41, 5.74) is 0.374. The van der Waals surface area contributed by atoms with E-state index < -0.39 is 22.9 Å². The van der Waals surface area contributed by atoms with E-state index in [-0.39, 0.29) is 16.9 Å². The molecular weight excluding hydrogens is 340 g/mol. The normalized spacial score (nSPS) is 11.3. The first kappa shape index (κ1) is 18.9. The van der Waals surface area contributed by atoms with Crippen LogP contribution in [-0.2, 0) is 9.53 Å². The van der Waals surface area contributed by atoms with E-state index in [2.05, 4.69) is 5.32 Å². The standard InChI is InChI=1S/C18H18N2O6/c1-3-25-16-9-7-13(8-10-16)18(22)26-12(2)17(21)19-14-5-4-6-15(11-14)20(23)24/h4-12H,3H2,1-2H3,(H,19,21)/t12-/m1/s1. The molecule has 2 aromatic rings. The number of benzene rings is 2. The summed E-state index contributed by atoms with van der Waals surface area (Å²) < 4.78 is 10.4. The minimum atomic E-state index is -1.08. The van der Waals surface area contributed by atoms with Gasteiger partial charge in [-0.2, -0.15) is 0 Å². The largest absolute Gasteiger partial charge is 0.494 e. The molecule has 0 aliphatic rings. The molecule has 2 rings (SSSR count). The lowest BCUT2D eigenvalue weighted by atomic mass is 10.2. The van der Waals surface area contributed by atoms with Crippen LogP contribution in [0, 0.1) is 10.1 Å². The Labute approximate surface area is 149 Å². The van der Waals surface area contributed by atoms with Crippen molar-refractivity contribution in [1.82, 2.24) is 0 Å². The maximum absolute atomic E-state index is 12.1. The molecule has 0 radical (unpaired) electrons. The van der Waals surface area contributed by atoms with E-state index in [1.807, 2.05) is 6.92 Å². The van der Waals surface area contributed by atoms with Crippen LogP contribution in [0.2, 0.25) is 0 Å². The van der Waals surface area contributed by atoms with Crippen LogP contribution in [0.15, 0.2) is 48.5 Å². The molecule has 0 saturated carbocycles. The number of nitro groups is 1. The number of rotatable bonds is 7. The van der Waals surface area contributed by atoms with Crippen LogP contribution in [0.3, 0.4) is 0 Å². The monoisotopic (exact) mass is 358 g/mol. The number of esters is 1. The Balaban J connectivity index is 1.96. The molecule has 1 atom stereocenters. The second kappa shape index (κ2) is 8.61. The van der Waals surface area contributed by atoms with Crippen molar-refractivity contribution in [3.8, 4) is 5.75 Å². The van der Waals surface area contributed by atoms with E-state index in [4.69, 9.17) is 9.47 Å². The third-order valence-corrected chi connectivity index (χ3v) is 3.38. The number of anilines is 1. The van der Waals surface area contributed by atoms with Gasteiger partial charge in [0.25, 0.3) is 11.6 Å². The van der Waals surface area contributed by atoms with Crippen LogP contribution in [0.1, 0.15) is 24.2 Å². The van der Waals surface area contributed by atoms with E-state index in [1.54, 1.807) is 24.3 Å². The predicted molar refractivity (Wildman–Crippen MR) is 94.2 cm³/mol. The van der Waals surface area contributed by atoms with Gasteiger partial charge in [0.1, 0.15) is 5.75 Å². The number of non-ortho nitro benzene ring substituents is 1. The molecule has 1 N–H and O–H groups in total. The summed E-state index contributed by atoms with van der Waals surface area (Å²) in [4.78, 5) is 34.4. The van der Waals surface area contributed by atoms with Gasteiger partial charge in [0, 0.05) is 17.8 Å². The number of nitrogens with zero attached hydrogens (tertiary/aromatic N) is 1. The Kier molecular flexibility index (Phi) is 6.26. The zero-order valence-corrected chi connectivity index (χ0v) is 14.3. The maximum atomic E-state index is 12.1. The van der Waals surface area contributed by atoms with Gasteiger partial charge in [0.15, 0.2) is 6.10 Å². The molecule has 0 aliphatic heterocycles. The third-order valence-electron chi connectivity index (χ3n) is 3.38. The van der Waals surface area contributed by atoms with Gasteiger partial charge in [-0.05, 0) is 44.2 Å². The Morgan fingerprint density at radius 1 is 1.19 bits per heavy atom. The fourth-order valence-corrected chi connectivity index (χ4v) is 2.08. The quantitative estimate of drug-likeness (QED) is 0.463. The molecule has 26 heavy (non-hydrogen) atoms. The van der Waals surface area contributed by atoms with Crippen LogP contribution in [0.25, 0.3) is 0 Å². The number of carbonyl (C=O) groups is 2. The van der Waals surface area contributed by atoms with E-state index in [0.29, 0.717) is 12.4 Å². The van der Waals surface area contributed by atoms with E-state index >= 15 is 0 Å². The number of carbonyl (C=O) groups excluding carboxylic acids is 2. The molecule has 0 heterocycles. The lowest BCUT2D eigenvalue weighted by Crippen LogP contribution is -2.30. The molecule has 0 spiro atoms. The predicted octanol–water partition coefficient (Wildman–Crippen LogP) is 3.18. The number of hydrogen-bond donors (Lipinski definition) is 1. The molecular formula is C18H18N2O6. The van der Waals surface area contributed by atoms with Crippen LogP contribution in [0.5, 0.6) is 5.75 Å². The van der Waals surface area contributed by atoms with Crippen molar-refractivity contribution in [2.24, 2.45) is 0 Å². The maximum Gasteiger partial charge on any atom is 0.338 e. The molecule has 1 amide bonds. The average Bonchev–Trinajstić information content (AvgIpc) is 2.62. The van der Waals surface area contributed by atoms with Gasteiger partial charge in [-0.1, -0.05) is 6.07 Å². The molecule has 0 aliphatic carbocycles. The molecule has 8 nitrogen and oxygen atoms in total. The second-order valence-electron chi connectivity index (χ2n) is 5.30. The van der Waals surface area contributed by atoms with Crippen LogP contribution in [-0.4, -0.2) is 29.5 Å². The van der Waals surface area contributed by atoms with E-state index in [9.17, 15) is 19.7 Å². The Hall–Kier alpha value is -3.42. The number of nitro benzene ring substituents is 1. The van der Waals surface area contributed by atoms with Crippen molar-refractivity contribution in [1.29, 1.82) is 0 Å². The van der Waals surface area contributed by atoms with Gasteiger partial charge in [-0.15, -0.1) is 0 Å². The van der Waals surface area contributed by atoms with Gasteiger partial charge in [-0.25, -0.2) is 4.79 Å². The first-order valence-electron chi connectivity index (χ1n) is 7.90. The minimum Gasteiger partial charge on any atom is -0.494 e. The molecule has 2 aromatic carbocycles. The summed E-state index contributed by atoms with van der Waals surface area (Å²) in [5.74, 6) is -0.625. The zero-order valence-electron chi connectivity index (χ0n) is 14.3. The third kappa shape index (κ3) is 5.04. The molecule has 0 fully saturated rings. The van der Waals surface area contributed by atoms with Crippen molar-refractivity contribution >= 4 is 23.3 Å². The SMILES string of the molecule is CCOc1ccc(C(=O)O[C@H](C)C(=O)Nc2cccc([N+](=O)[O-])c2)cc1. The second-order valence-corrected chi connectivity index (χ2v) is 5.30. The van der Waals surface area contributed by atoms with E-state index in [1.165, 1.54) is 31.2 Å². The summed E-state index contributed by atoms with van der Waals surface area (Å²) in [6.45, 7) is 3.78. The number of nitrogens with one attached hydrogen (secondary N) is 1. The van der Waals surface area contributed by atoms with Crippen LogP contribution < -0.4 is 10.1 Å². The van der Waals surface area contributed by atoms with Crippen molar-refractivity contribution in [2.75, 3.05) is 11.9 Å². The molecule has 136 valence electrons. The Bertz CT molecular complexity index is 804. The number of amides is 1. The smallest absolute Gasteiger partial charge is 0.338 e. The highest BCUT2D eigenvalue weighted by molar-refractivity contribution is 5.97. The highest BCUT2D eigenvalue weighted by Gasteiger charge is 2.19. The van der Waals surface area contributed by atoms with Crippen LogP contribution >= 0.6 is 0 Å². The fraction of sp³-hybridized carbons (Fsp3) is 0.222. The fourth-order valence-electron chi connectivity index (χ4n) is 2.08. The Morgan fingerprint density at radius 2 is 1.88 bits per heavy atom. The summed E-state index contributed by atoms with van der Waals surface area (Å²) in [5, 5.41) is 13.2. The van der Waals surface area contributed by atoms with Gasteiger partial charge >= 0.3 is 5.97 Å². The van der Waals surface area contributed by atoms with Crippen molar-refractivity contribution < 1.29 is 24.0 Å². The lowest BCUT2D eigenvalue weighted by molar-refractivity contribution is -0.384. The summed E-state index contributed by atoms with van der Waals surface area (Å²) in [7, 11) is 0. The van der Waals surface area contributed by atoms with Gasteiger partial charge in [0.05, 0.1) is 17.1 Å². The first-order valence-corrected chi connectivity index (χ1v) is 7.90. The number of ether oxygens (including phenoxy) is 2. The Morgan fingerprint density at radius 3 is 2.50 bits per heavy atom. The molecule has 8 heteroatoms. The average molecular weight is 358 g/mol. The topological polar surface area (TPSA) is 108 Å². The summed E-state index contributed by atoms with van der Waals surface area (Å²) in [6, 6.07) is 11.8. The van der Waals surface area contributed by atoms with Gasteiger partial charge < -0.3 is 14.8 Å². The first-order chi connectivity index (χ1) is 12.4. The summed E-state index contributed by atoms with van der Waals surface area (Å²) in [6.07, 6.45) is -1.08. The number of hydrogen-bond acceptors (Lipinski definition) is 6. The lowest BCUT2D eigenvalue weighted by Gasteiger charge is -2.13. The molecule has 0 saturated heterocycles.